The molecule has 0 aromatic heterocycles. The summed E-state index contributed by atoms with van der Waals surface area (Å²) in [5.41, 5.74) is 2.74. The average molecular weight is 534 g/mol. The van der Waals surface area contributed by atoms with Crippen molar-refractivity contribution in [2.45, 2.75) is 58.0 Å². The van der Waals surface area contributed by atoms with Gasteiger partial charge in [0.15, 0.2) is 5.78 Å². The second kappa shape index (κ2) is 13.4. The minimum absolute atomic E-state index is 0.104. The monoisotopic (exact) mass is 533 g/mol. The van der Waals surface area contributed by atoms with Gasteiger partial charge in [0.2, 0.25) is 0 Å². The normalized spacial score (nSPS) is 22.3. The van der Waals surface area contributed by atoms with E-state index < -0.39 is 0 Å². The summed E-state index contributed by atoms with van der Waals surface area (Å²) in [6.07, 6.45) is 4.75. The number of ketones is 3. The minimum Gasteiger partial charge on any atom is -0.492 e. The van der Waals surface area contributed by atoms with Crippen LogP contribution in [0.3, 0.4) is 0 Å². The molecular weight excluding hydrogens is 494 g/mol. The Bertz CT molecular complexity index is 1150. The zero-order valence-electron chi connectivity index (χ0n) is 22.7. The molecule has 208 valence electrons. The standard InChI is InChI=1S/C32H39NO6/c34-26-3-1-5-30(35)24(11-12-26)9-10-25-21-29-28(32(25)36)4-2-6-31(29)39-22-23-7-13-27(14-8-23)38-20-17-33-15-18-37-19-16-33/h2,4,6-8,13-14,24-25H,1,3,5,9-12,15-22H2. The van der Waals surface area contributed by atoms with E-state index in [9.17, 15) is 14.4 Å². The molecule has 7 nitrogen and oxygen atoms in total. The van der Waals surface area contributed by atoms with Crippen LogP contribution in [-0.4, -0.2) is 61.7 Å². The Hall–Kier alpha value is -3.03. The molecular formula is C32H39NO6. The van der Waals surface area contributed by atoms with Crippen molar-refractivity contribution >= 4 is 17.3 Å². The highest BCUT2D eigenvalue weighted by molar-refractivity contribution is 6.03. The molecule has 1 saturated heterocycles. The molecule has 2 aromatic rings. The number of carbonyl (C=O) groups is 3. The van der Waals surface area contributed by atoms with E-state index >= 15 is 0 Å². The van der Waals surface area contributed by atoms with E-state index in [1.807, 2.05) is 42.5 Å². The first-order chi connectivity index (χ1) is 19.1. The topological polar surface area (TPSA) is 82.1 Å². The summed E-state index contributed by atoms with van der Waals surface area (Å²) in [5, 5.41) is 0. The van der Waals surface area contributed by atoms with Gasteiger partial charge in [0, 0.05) is 61.9 Å². The van der Waals surface area contributed by atoms with E-state index in [-0.39, 0.29) is 29.2 Å². The fraction of sp³-hybridized carbons (Fsp3) is 0.531. The van der Waals surface area contributed by atoms with Gasteiger partial charge in [-0.25, -0.2) is 0 Å². The van der Waals surface area contributed by atoms with Crippen LogP contribution in [0, 0.1) is 11.8 Å². The van der Waals surface area contributed by atoms with Crippen molar-refractivity contribution in [1.29, 1.82) is 0 Å². The Balaban J connectivity index is 1.11. The van der Waals surface area contributed by atoms with Crippen LogP contribution >= 0.6 is 0 Å². The molecule has 0 radical (unpaired) electrons. The lowest BCUT2D eigenvalue weighted by Gasteiger charge is -2.26. The lowest BCUT2D eigenvalue weighted by atomic mass is 9.84. The summed E-state index contributed by atoms with van der Waals surface area (Å²) in [6, 6.07) is 13.7. The molecule has 5 rings (SSSR count). The Morgan fingerprint density at radius 3 is 2.49 bits per heavy atom. The van der Waals surface area contributed by atoms with Crippen LogP contribution < -0.4 is 9.47 Å². The van der Waals surface area contributed by atoms with E-state index in [2.05, 4.69) is 4.90 Å². The van der Waals surface area contributed by atoms with E-state index in [4.69, 9.17) is 14.2 Å². The SMILES string of the molecule is O=C1CCCC(=O)C(CCC2Cc3c(OCc4ccc(OCCN5CCOCC5)cc4)cccc3C2=O)CC1. The smallest absolute Gasteiger partial charge is 0.166 e. The lowest BCUT2D eigenvalue weighted by Crippen LogP contribution is -2.38. The van der Waals surface area contributed by atoms with Crippen molar-refractivity contribution in [2.24, 2.45) is 11.8 Å². The summed E-state index contributed by atoms with van der Waals surface area (Å²) in [4.78, 5) is 39.9. The van der Waals surface area contributed by atoms with Gasteiger partial charge >= 0.3 is 0 Å². The van der Waals surface area contributed by atoms with Crippen molar-refractivity contribution < 1.29 is 28.6 Å². The van der Waals surface area contributed by atoms with Crippen LogP contribution in [0.1, 0.15) is 66.4 Å². The van der Waals surface area contributed by atoms with Gasteiger partial charge in [-0.3, -0.25) is 19.3 Å². The van der Waals surface area contributed by atoms with Crippen molar-refractivity contribution in [1.82, 2.24) is 4.90 Å². The molecule has 0 N–H and O–H groups in total. The van der Waals surface area contributed by atoms with Gasteiger partial charge in [0.1, 0.15) is 36.3 Å². The Morgan fingerprint density at radius 2 is 1.67 bits per heavy atom. The van der Waals surface area contributed by atoms with Crippen molar-refractivity contribution in [3.8, 4) is 11.5 Å². The molecule has 1 aliphatic heterocycles. The number of carbonyl (C=O) groups excluding carboxylic acids is 3. The maximum absolute atomic E-state index is 13.2. The molecule has 2 fully saturated rings. The highest BCUT2D eigenvalue weighted by Crippen LogP contribution is 2.37. The average Bonchev–Trinajstić information content (AvgIpc) is 3.28. The zero-order chi connectivity index (χ0) is 27.0. The second-order valence-electron chi connectivity index (χ2n) is 11.0. The summed E-state index contributed by atoms with van der Waals surface area (Å²) in [6.45, 7) is 5.44. The van der Waals surface area contributed by atoms with Gasteiger partial charge in [0.05, 0.1) is 13.2 Å². The number of fused-ring (bicyclic) bond motifs is 1. The van der Waals surface area contributed by atoms with E-state index in [0.29, 0.717) is 64.6 Å². The van der Waals surface area contributed by atoms with E-state index in [1.165, 1.54) is 0 Å². The first kappa shape index (κ1) is 27.5. The molecule has 2 aliphatic carbocycles. The molecule has 2 unspecified atom stereocenters. The molecule has 3 aliphatic rings. The molecule has 0 spiro atoms. The van der Waals surface area contributed by atoms with Crippen molar-refractivity contribution in [2.75, 3.05) is 39.5 Å². The second-order valence-corrected chi connectivity index (χ2v) is 11.0. The maximum atomic E-state index is 13.2. The third-order valence-corrected chi connectivity index (χ3v) is 8.29. The number of morpholine rings is 1. The third-order valence-electron chi connectivity index (χ3n) is 8.29. The van der Waals surface area contributed by atoms with Crippen LogP contribution in [0.15, 0.2) is 42.5 Å². The molecule has 0 amide bonds. The number of Topliss-reactive ketones (excluding diaryl/α,β-unsaturated/α-hetero) is 3. The number of hydrogen-bond donors (Lipinski definition) is 0. The summed E-state index contributed by atoms with van der Waals surface area (Å²) < 4.78 is 17.5. The number of benzene rings is 2. The maximum Gasteiger partial charge on any atom is 0.166 e. The Kier molecular flexibility index (Phi) is 9.43. The number of ether oxygens (including phenoxy) is 3. The Labute approximate surface area is 230 Å². The van der Waals surface area contributed by atoms with Gasteiger partial charge < -0.3 is 14.2 Å². The highest BCUT2D eigenvalue weighted by Gasteiger charge is 2.34. The molecule has 2 atom stereocenters. The highest BCUT2D eigenvalue weighted by atomic mass is 16.5. The summed E-state index contributed by atoms with van der Waals surface area (Å²) >= 11 is 0. The first-order valence-corrected chi connectivity index (χ1v) is 14.4. The zero-order valence-corrected chi connectivity index (χ0v) is 22.7. The van der Waals surface area contributed by atoms with Gasteiger partial charge in [0.25, 0.3) is 0 Å². The predicted molar refractivity (Wildman–Crippen MR) is 147 cm³/mol. The predicted octanol–water partition coefficient (Wildman–Crippen LogP) is 4.83. The van der Waals surface area contributed by atoms with E-state index in [0.717, 1.165) is 61.0 Å². The fourth-order valence-corrected chi connectivity index (χ4v) is 5.89. The van der Waals surface area contributed by atoms with Gasteiger partial charge in [-0.1, -0.05) is 24.3 Å². The summed E-state index contributed by atoms with van der Waals surface area (Å²) in [5.74, 6) is 2.01. The van der Waals surface area contributed by atoms with Gasteiger partial charge in [-0.15, -0.1) is 0 Å². The quantitative estimate of drug-likeness (QED) is 0.433. The van der Waals surface area contributed by atoms with Crippen molar-refractivity contribution in [3.63, 3.8) is 0 Å². The molecule has 39 heavy (non-hydrogen) atoms. The van der Waals surface area contributed by atoms with Crippen molar-refractivity contribution in [3.05, 3.63) is 59.2 Å². The molecule has 1 saturated carbocycles. The number of rotatable bonds is 10. The summed E-state index contributed by atoms with van der Waals surface area (Å²) in [7, 11) is 0. The lowest BCUT2D eigenvalue weighted by molar-refractivity contribution is -0.126. The number of nitrogens with zero attached hydrogens (tertiary/aromatic N) is 1. The third kappa shape index (κ3) is 7.34. The molecule has 7 heteroatoms. The van der Waals surface area contributed by atoms with Gasteiger partial charge in [-0.2, -0.15) is 0 Å². The minimum atomic E-state index is -0.132. The molecule has 1 heterocycles. The fourth-order valence-electron chi connectivity index (χ4n) is 5.89. The first-order valence-electron chi connectivity index (χ1n) is 14.4. The van der Waals surface area contributed by atoms with Gasteiger partial charge in [-0.05, 0) is 55.9 Å². The van der Waals surface area contributed by atoms with E-state index in [1.54, 1.807) is 0 Å². The molecule has 0 bridgehead atoms. The Morgan fingerprint density at radius 1 is 0.872 bits per heavy atom. The van der Waals surface area contributed by atoms with Crippen LogP contribution in [0.4, 0.5) is 0 Å². The van der Waals surface area contributed by atoms with Crippen LogP contribution in [0.2, 0.25) is 0 Å². The van der Waals surface area contributed by atoms with Crippen LogP contribution in [-0.2, 0) is 27.4 Å². The van der Waals surface area contributed by atoms with Crippen LogP contribution in [0.25, 0.3) is 0 Å². The largest absolute Gasteiger partial charge is 0.492 e. The van der Waals surface area contributed by atoms with Crippen LogP contribution in [0.5, 0.6) is 11.5 Å². The molecule has 2 aromatic carbocycles. The number of hydrogen-bond acceptors (Lipinski definition) is 7.